The number of rotatable bonds is 1. The molecule has 1 N–H and O–H groups in total. The highest BCUT2D eigenvalue weighted by molar-refractivity contribution is 6.36. The van der Waals surface area contributed by atoms with Crippen molar-refractivity contribution < 1.29 is 5.11 Å². The van der Waals surface area contributed by atoms with Gasteiger partial charge < -0.3 is 10.0 Å². The van der Waals surface area contributed by atoms with Crippen LogP contribution in [-0.4, -0.2) is 37.1 Å². The lowest BCUT2D eigenvalue weighted by atomic mass is 9.95. The van der Waals surface area contributed by atoms with Gasteiger partial charge in [-0.1, -0.05) is 23.1 Å². The summed E-state index contributed by atoms with van der Waals surface area (Å²) >= 11 is 5.72. The van der Waals surface area contributed by atoms with Gasteiger partial charge in [-0.3, -0.25) is 0 Å². The van der Waals surface area contributed by atoms with Crippen LogP contribution in [0.5, 0.6) is 0 Å². The third kappa shape index (κ3) is 1.64. The minimum atomic E-state index is -0.264. The molecule has 0 spiro atoms. The van der Waals surface area contributed by atoms with Crippen LogP contribution in [0.15, 0.2) is 12.1 Å². The van der Waals surface area contributed by atoms with Gasteiger partial charge in [-0.25, -0.2) is 4.98 Å². The van der Waals surface area contributed by atoms with Crippen molar-refractivity contribution in [3.63, 3.8) is 0 Å². The Morgan fingerprint density at radius 3 is 2.85 bits per heavy atom. The molecule has 0 unspecified atom stereocenters. The zero-order chi connectivity index (χ0) is 9.42. The van der Waals surface area contributed by atoms with Crippen molar-refractivity contribution in [3.8, 4) is 0 Å². The van der Waals surface area contributed by atoms with Gasteiger partial charge in [-0.15, -0.1) is 0 Å². The van der Waals surface area contributed by atoms with E-state index in [1.165, 1.54) is 0 Å². The van der Waals surface area contributed by atoms with E-state index in [1.54, 1.807) is 12.1 Å². The Hall–Kier alpha value is -0.735. The van der Waals surface area contributed by atoms with Gasteiger partial charge in [0.15, 0.2) is 0 Å². The molecule has 0 aromatic carbocycles. The maximum Gasteiger partial charge on any atom is 0.131 e. The van der Waals surface area contributed by atoms with E-state index in [1.807, 2.05) is 4.90 Å². The maximum atomic E-state index is 9.10. The Balaban J connectivity index is 2.24. The van der Waals surface area contributed by atoms with Crippen molar-refractivity contribution in [1.29, 1.82) is 0 Å². The number of aliphatic hydroxyl groups excluding tert-OH is 1. The average Bonchev–Trinajstić information content (AvgIpc) is 2.04. The smallest absolute Gasteiger partial charge is 0.131 e. The monoisotopic (exact) mass is 194 g/mol. The number of aliphatic hydroxyl groups is 1. The van der Waals surface area contributed by atoms with Crippen molar-refractivity contribution in [2.75, 3.05) is 18.0 Å². The lowest BCUT2D eigenvalue weighted by molar-refractivity contribution is 0.141. The Morgan fingerprint density at radius 2 is 2.23 bits per heavy atom. The van der Waals surface area contributed by atoms with Crippen LogP contribution in [0.2, 0.25) is 5.15 Å². The number of hydrogen-bond donors (Lipinski definition) is 1. The highest BCUT2D eigenvalue weighted by atomic mass is 35.5. The van der Waals surface area contributed by atoms with E-state index < -0.39 is 0 Å². The molecule has 13 heavy (non-hydrogen) atoms. The van der Waals surface area contributed by atoms with Crippen LogP contribution in [0.1, 0.15) is 0 Å². The first-order valence-electron chi connectivity index (χ1n) is 4.02. The summed E-state index contributed by atoms with van der Waals surface area (Å²) in [4.78, 5) is 5.98. The molecule has 1 aliphatic rings. The number of hydrogen-bond acceptors (Lipinski definition) is 3. The fraction of sp³-hybridized carbons (Fsp3) is 0.375. The molecule has 1 fully saturated rings. The summed E-state index contributed by atoms with van der Waals surface area (Å²) < 4.78 is 0. The first-order valence-corrected chi connectivity index (χ1v) is 4.39. The van der Waals surface area contributed by atoms with E-state index in [0.29, 0.717) is 29.5 Å². The molecular weight excluding hydrogens is 186 g/mol. The van der Waals surface area contributed by atoms with Crippen LogP contribution in [-0.2, 0) is 0 Å². The average molecular weight is 194 g/mol. The van der Waals surface area contributed by atoms with Crippen molar-refractivity contribution >= 4 is 30.7 Å². The van der Waals surface area contributed by atoms with Gasteiger partial charge in [-0.05, 0) is 6.07 Å². The van der Waals surface area contributed by atoms with Gasteiger partial charge in [-0.2, -0.15) is 0 Å². The van der Waals surface area contributed by atoms with Crippen molar-refractivity contribution in [1.82, 2.24) is 4.98 Å². The summed E-state index contributed by atoms with van der Waals surface area (Å²) in [6.45, 7) is 1.16. The van der Waals surface area contributed by atoms with E-state index >= 15 is 0 Å². The second-order valence-corrected chi connectivity index (χ2v) is 3.49. The van der Waals surface area contributed by atoms with Gasteiger partial charge in [0.25, 0.3) is 0 Å². The van der Waals surface area contributed by atoms with Crippen molar-refractivity contribution in [2.24, 2.45) is 0 Å². The quantitative estimate of drug-likeness (QED) is 0.493. The summed E-state index contributed by atoms with van der Waals surface area (Å²) in [5.41, 5.74) is 0.594. The standard InChI is InChI=1S/C8H8BClN2O/c9-6-1-2-7(10)11-8(6)12-3-5(13)4-12/h1-2,5,13H,3-4H2. The van der Waals surface area contributed by atoms with E-state index in [9.17, 15) is 0 Å². The lowest BCUT2D eigenvalue weighted by Gasteiger charge is -2.37. The molecule has 0 amide bonds. The fourth-order valence-electron chi connectivity index (χ4n) is 1.32. The van der Waals surface area contributed by atoms with Crippen molar-refractivity contribution in [2.45, 2.75) is 6.10 Å². The predicted molar refractivity (Wildman–Crippen MR) is 52.9 cm³/mol. The third-order valence-electron chi connectivity index (χ3n) is 2.03. The van der Waals surface area contributed by atoms with E-state index in [-0.39, 0.29) is 6.10 Å². The van der Waals surface area contributed by atoms with Crippen LogP contribution >= 0.6 is 11.6 Å². The zero-order valence-electron chi connectivity index (χ0n) is 6.94. The molecule has 2 rings (SSSR count). The Bertz CT molecular complexity index is 328. The molecule has 0 bridgehead atoms. The molecule has 2 radical (unpaired) electrons. The molecule has 0 aliphatic carbocycles. The van der Waals surface area contributed by atoms with Gasteiger partial charge in [0, 0.05) is 13.1 Å². The molecule has 1 aliphatic heterocycles. The van der Waals surface area contributed by atoms with Gasteiger partial charge in [0.2, 0.25) is 0 Å². The first-order chi connectivity index (χ1) is 6.16. The molecule has 1 saturated heterocycles. The second kappa shape index (κ2) is 3.20. The minimum absolute atomic E-state index is 0.264. The van der Waals surface area contributed by atoms with Crippen LogP contribution in [0, 0.1) is 0 Å². The zero-order valence-corrected chi connectivity index (χ0v) is 7.70. The van der Waals surface area contributed by atoms with Crippen LogP contribution in [0.3, 0.4) is 0 Å². The highest BCUT2D eigenvalue weighted by Gasteiger charge is 2.26. The fourth-order valence-corrected chi connectivity index (χ4v) is 1.46. The summed E-state index contributed by atoms with van der Waals surface area (Å²) in [5.74, 6) is 0.665. The normalized spacial score (nSPS) is 17.2. The number of anilines is 1. The second-order valence-electron chi connectivity index (χ2n) is 3.11. The molecule has 3 nitrogen and oxygen atoms in total. The SMILES string of the molecule is [B]c1ccc(Cl)nc1N1CC(O)C1. The minimum Gasteiger partial charge on any atom is -0.389 e. The molecule has 0 atom stereocenters. The van der Waals surface area contributed by atoms with Crippen molar-refractivity contribution in [3.05, 3.63) is 17.3 Å². The molecule has 1 aromatic heterocycles. The predicted octanol–water partition coefficient (Wildman–Crippen LogP) is -0.290. The number of nitrogens with zero attached hydrogens (tertiary/aromatic N) is 2. The summed E-state index contributed by atoms with van der Waals surface area (Å²) in [6.07, 6.45) is -0.264. The lowest BCUT2D eigenvalue weighted by Crippen LogP contribution is -2.52. The summed E-state index contributed by atoms with van der Waals surface area (Å²) in [6, 6.07) is 3.37. The third-order valence-corrected chi connectivity index (χ3v) is 2.24. The molecule has 5 heteroatoms. The Labute approximate surface area is 82.7 Å². The number of aromatic nitrogens is 1. The van der Waals surface area contributed by atoms with E-state index in [4.69, 9.17) is 24.6 Å². The first kappa shape index (κ1) is 8.85. The van der Waals surface area contributed by atoms with Gasteiger partial charge >= 0.3 is 0 Å². The highest BCUT2D eigenvalue weighted by Crippen LogP contribution is 2.17. The van der Waals surface area contributed by atoms with E-state index in [2.05, 4.69) is 4.98 Å². The topological polar surface area (TPSA) is 36.4 Å². The van der Waals surface area contributed by atoms with Crippen LogP contribution < -0.4 is 10.4 Å². The van der Waals surface area contributed by atoms with Crippen LogP contribution in [0.25, 0.3) is 0 Å². The Kier molecular flexibility index (Phi) is 2.18. The van der Waals surface area contributed by atoms with Gasteiger partial charge in [0.1, 0.15) is 18.8 Å². The number of pyridine rings is 1. The molecule has 0 saturated carbocycles. The number of halogens is 1. The van der Waals surface area contributed by atoms with E-state index in [0.717, 1.165) is 0 Å². The summed E-state index contributed by atoms with van der Waals surface area (Å²) in [7, 11) is 5.70. The molecule has 2 heterocycles. The van der Waals surface area contributed by atoms with Gasteiger partial charge in [0.05, 0.1) is 6.10 Å². The maximum absolute atomic E-state index is 9.10. The molecular formula is C8H8BClN2O. The Morgan fingerprint density at radius 1 is 1.54 bits per heavy atom. The number of β-amino-alcohol motifs (C(OH)–C–C–N with tert-alkyl or cyclic N) is 1. The summed E-state index contributed by atoms with van der Waals surface area (Å²) in [5, 5.41) is 9.52. The molecule has 1 aromatic rings. The van der Waals surface area contributed by atoms with Crippen LogP contribution in [0.4, 0.5) is 5.82 Å². The largest absolute Gasteiger partial charge is 0.389 e. The molecule has 66 valence electrons.